The van der Waals surface area contributed by atoms with Crippen LogP contribution >= 0.6 is 0 Å². The number of carbonyl (C=O) groups is 1. The van der Waals surface area contributed by atoms with Crippen LogP contribution < -0.4 is 0 Å². The first kappa shape index (κ1) is 11.5. The smallest absolute Gasteiger partial charge is 0.304 e. The van der Waals surface area contributed by atoms with Gasteiger partial charge in [-0.3, -0.25) is 4.79 Å². The van der Waals surface area contributed by atoms with Crippen molar-refractivity contribution in [3.8, 4) is 5.75 Å². The third kappa shape index (κ3) is 2.94. The topological polar surface area (TPSA) is 57.5 Å². The summed E-state index contributed by atoms with van der Waals surface area (Å²) in [5, 5.41) is 18.1. The highest BCUT2D eigenvalue weighted by molar-refractivity contribution is 5.68. The third-order valence-electron chi connectivity index (χ3n) is 2.29. The van der Waals surface area contributed by atoms with E-state index in [0.29, 0.717) is 5.56 Å². The number of carboxylic acid groups (broad SMARTS) is 1. The number of carboxylic acids is 1. The van der Waals surface area contributed by atoms with Gasteiger partial charge in [-0.1, -0.05) is 18.2 Å². The molecule has 1 aromatic rings. The Morgan fingerprint density at radius 1 is 1.47 bits per heavy atom. The molecule has 0 aromatic heterocycles. The van der Waals surface area contributed by atoms with E-state index in [9.17, 15) is 14.3 Å². The molecular formula is C11H13FO3. The van der Waals surface area contributed by atoms with E-state index in [1.165, 1.54) is 13.0 Å². The van der Waals surface area contributed by atoms with Crippen LogP contribution in [0.25, 0.3) is 0 Å². The summed E-state index contributed by atoms with van der Waals surface area (Å²) in [6, 6.07) is 6.22. The highest BCUT2D eigenvalue weighted by atomic mass is 19.1. The van der Waals surface area contributed by atoms with Crippen LogP contribution in [0.5, 0.6) is 5.75 Å². The SMILES string of the molecule is CC(F)C(CC(=O)O)c1ccccc1O. The predicted octanol–water partition coefficient (Wildman–Crippen LogP) is 2.31. The lowest BCUT2D eigenvalue weighted by molar-refractivity contribution is -0.137. The van der Waals surface area contributed by atoms with Gasteiger partial charge in [0.2, 0.25) is 0 Å². The number of alkyl halides is 1. The molecule has 0 fully saturated rings. The van der Waals surface area contributed by atoms with Gasteiger partial charge in [-0.05, 0) is 13.0 Å². The van der Waals surface area contributed by atoms with Crippen molar-refractivity contribution >= 4 is 5.97 Å². The Labute approximate surface area is 87.2 Å². The summed E-state index contributed by atoms with van der Waals surface area (Å²) in [4.78, 5) is 10.6. The van der Waals surface area contributed by atoms with Gasteiger partial charge in [0.1, 0.15) is 11.9 Å². The summed E-state index contributed by atoms with van der Waals surface area (Å²) >= 11 is 0. The predicted molar refractivity (Wildman–Crippen MR) is 53.7 cm³/mol. The summed E-state index contributed by atoms with van der Waals surface area (Å²) < 4.78 is 13.2. The Balaban J connectivity index is 2.99. The van der Waals surface area contributed by atoms with Gasteiger partial charge < -0.3 is 10.2 Å². The van der Waals surface area contributed by atoms with Gasteiger partial charge in [0.15, 0.2) is 0 Å². The van der Waals surface area contributed by atoms with E-state index in [1.807, 2.05) is 0 Å². The van der Waals surface area contributed by atoms with Crippen molar-refractivity contribution in [2.24, 2.45) is 0 Å². The number of benzene rings is 1. The summed E-state index contributed by atoms with van der Waals surface area (Å²) in [5.74, 6) is -1.94. The molecule has 0 saturated carbocycles. The number of phenols is 1. The summed E-state index contributed by atoms with van der Waals surface area (Å²) in [6.45, 7) is 1.29. The van der Waals surface area contributed by atoms with Crippen LogP contribution in [-0.2, 0) is 4.79 Å². The molecule has 0 aliphatic heterocycles. The molecule has 0 radical (unpaired) electrons. The van der Waals surface area contributed by atoms with E-state index in [0.717, 1.165) is 0 Å². The van der Waals surface area contributed by atoms with Gasteiger partial charge in [0, 0.05) is 11.5 Å². The first-order valence-corrected chi connectivity index (χ1v) is 4.66. The number of para-hydroxylation sites is 1. The second-order valence-corrected chi connectivity index (χ2v) is 3.44. The molecule has 1 aromatic carbocycles. The van der Waals surface area contributed by atoms with Crippen LogP contribution in [0.1, 0.15) is 24.8 Å². The maximum Gasteiger partial charge on any atom is 0.304 e. The summed E-state index contributed by atoms with van der Waals surface area (Å²) in [5.41, 5.74) is 0.343. The largest absolute Gasteiger partial charge is 0.508 e. The van der Waals surface area contributed by atoms with Crippen LogP contribution in [0.4, 0.5) is 4.39 Å². The number of halogens is 1. The van der Waals surface area contributed by atoms with E-state index in [4.69, 9.17) is 5.11 Å². The Morgan fingerprint density at radius 3 is 2.53 bits per heavy atom. The minimum Gasteiger partial charge on any atom is -0.508 e. The molecular weight excluding hydrogens is 199 g/mol. The molecule has 0 bridgehead atoms. The Hall–Kier alpha value is -1.58. The fourth-order valence-electron chi connectivity index (χ4n) is 1.51. The molecule has 4 heteroatoms. The average molecular weight is 212 g/mol. The van der Waals surface area contributed by atoms with Gasteiger partial charge >= 0.3 is 5.97 Å². The van der Waals surface area contributed by atoms with E-state index in [-0.39, 0.29) is 12.2 Å². The Kier molecular flexibility index (Phi) is 3.66. The summed E-state index contributed by atoms with van der Waals surface area (Å²) in [6.07, 6.45) is -1.63. The molecule has 0 heterocycles. The van der Waals surface area contributed by atoms with Crippen LogP contribution in [0.3, 0.4) is 0 Å². The van der Waals surface area contributed by atoms with E-state index < -0.39 is 18.1 Å². The Morgan fingerprint density at radius 2 is 2.07 bits per heavy atom. The number of hydrogen-bond donors (Lipinski definition) is 2. The second kappa shape index (κ2) is 4.77. The maximum absolute atomic E-state index is 13.2. The molecule has 15 heavy (non-hydrogen) atoms. The lowest BCUT2D eigenvalue weighted by Gasteiger charge is -2.17. The molecule has 0 amide bonds. The fourth-order valence-corrected chi connectivity index (χ4v) is 1.51. The quantitative estimate of drug-likeness (QED) is 0.805. The standard InChI is InChI=1S/C11H13FO3/c1-7(12)9(6-11(14)15)8-4-2-3-5-10(8)13/h2-5,7,9,13H,6H2,1H3,(H,14,15). The molecule has 0 aliphatic carbocycles. The van der Waals surface area contributed by atoms with Gasteiger partial charge in [0.05, 0.1) is 6.42 Å². The van der Waals surface area contributed by atoms with Gasteiger partial charge in [-0.2, -0.15) is 0 Å². The van der Waals surface area contributed by atoms with Crippen LogP contribution in [-0.4, -0.2) is 22.4 Å². The number of aliphatic carboxylic acids is 1. The molecule has 0 aliphatic rings. The minimum atomic E-state index is -1.31. The molecule has 0 saturated heterocycles. The second-order valence-electron chi connectivity index (χ2n) is 3.44. The molecule has 2 unspecified atom stereocenters. The minimum absolute atomic E-state index is 0.0618. The average Bonchev–Trinajstić information content (AvgIpc) is 2.15. The number of rotatable bonds is 4. The number of aromatic hydroxyl groups is 1. The molecule has 0 spiro atoms. The number of hydrogen-bond acceptors (Lipinski definition) is 2. The summed E-state index contributed by atoms with van der Waals surface area (Å²) in [7, 11) is 0. The zero-order chi connectivity index (χ0) is 11.4. The third-order valence-corrected chi connectivity index (χ3v) is 2.29. The van der Waals surface area contributed by atoms with Crippen molar-refractivity contribution in [2.45, 2.75) is 25.4 Å². The zero-order valence-electron chi connectivity index (χ0n) is 8.35. The van der Waals surface area contributed by atoms with Crippen molar-refractivity contribution in [1.29, 1.82) is 0 Å². The lowest BCUT2D eigenvalue weighted by Crippen LogP contribution is -2.15. The fraction of sp³-hybridized carbons (Fsp3) is 0.364. The zero-order valence-corrected chi connectivity index (χ0v) is 8.35. The molecule has 2 N–H and O–H groups in total. The Bertz CT molecular complexity index is 349. The van der Waals surface area contributed by atoms with Gasteiger partial charge in [0.25, 0.3) is 0 Å². The van der Waals surface area contributed by atoms with Crippen LogP contribution in [0.15, 0.2) is 24.3 Å². The van der Waals surface area contributed by atoms with Crippen molar-refractivity contribution in [1.82, 2.24) is 0 Å². The lowest BCUT2D eigenvalue weighted by atomic mass is 9.91. The highest BCUT2D eigenvalue weighted by Crippen LogP contribution is 2.31. The molecule has 3 nitrogen and oxygen atoms in total. The molecule has 82 valence electrons. The first-order valence-electron chi connectivity index (χ1n) is 4.66. The number of phenolic OH excluding ortho intramolecular Hbond substituents is 1. The van der Waals surface area contributed by atoms with Gasteiger partial charge in [-0.25, -0.2) is 4.39 Å². The van der Waals surface area contributed by atoms with Crippen LogP contribution in [0, 0.1) is 0 Å². The van der Waals surface area contributed by atoms with Crippen molar-refractivity contribution in [3.63, 3.8) is 0 Å². The van der Waals surface area contributed by atoms with Crippen molar-refractivity contribution < 1.29 is 19.4 Å². The maximum atomic E-state index is 13.2. The van der Waals surface area contributed by atoms with Crippen LogP contribution in [0.2, 0.25) is 0 Å². The van der Waals surface area contributed by atoms with Crippen molar-refractivity contribution in [2.75, 3.05) is 0 Å². The first-order chi connectivity index (χ1) is 7.02. The van der Waals surface area contributed by atoms with E-state index >= 15 is 0 Å². The van der Waals surface area contributed by atoms with Gasteiger partial charge in [-0.15, -0.1) is 0 Å². The normalized spacial score (nSPS) is 14.5. The highest BCUT2D eigenvalue weighted by Gasteiger charge is 2.24. The molecule has 2 atom stereocenters. The monoisotopic (exact) mass is 212 g/mol. The molecule has 1 rings (SSSR count). The van der Waals surface area contributed by atoms with E-state index in [2.05, 4.69) is 0 Å². The van der Waals surface area contributed by atoms with Crippen molar-refractivity contribution in [3.05, 3.63) is 29.8 Å². The van der Waals surface area contributed by atoms with E-state index in [1.54, 1.807) is 18.2 Å².